The van der Waals surface area contributed by atoms with Crippen molar-refractivity contribution in [2.24, 2.45) is 0 Å². The maximum Gasteiger partial charge on any atom is 0.262 e. The van der Waals surface area contributed by atoms with E-state index in [2.05, 4.69) is 21.2 Å². The minimum absolute atomic E-state index is 0.151. The number of nitrogens with one attached hydrogen (secondary N) is 1. The van der Waals surface area contributed by atoms with Crippen molar-refractivity contribution in [3.63, 3.8) is 0 Å². The largest absolute Gasteiger partial charge is 0.484 e. The summed E-state index contributed by atoms with van der Waals surface area (Å²) in [7, 11) is 0. The summed E-state index contributed by atoms with van der Waals surface area (Å²) in [6.45, 7) is -0.151. The molecule has 1 aromatic heterocycles. The molecule has 3 aromatic carbocycles. The number of rotatable bonds is 4. The lowest BCUT2D eigenvalue weighted by Crippen LogP contribution is -2.20. The molecule has 0 atom stereocenters. The van der Waals surface area contributed by atoms with E-state index in [4.69, 9.17) is 20.8 Å². The van der Waals surface area contributed by atoms with Crippen molar-refractivity contribution in [1.82, 2.24) is 0 Å². The Labute approximate surface area is 173 Å². The average molecular weight is 459 g/mol. The fourth-order valence-corrected chi connectivity index (χ4v) is 3.41. The Balaban J connectivity index is 1.57. The number of carbonyl (C=O) groups excluding carboxylic acids is 1. The normalized spacial score (nSPS) is 10.9. The highest BCUT2D eigenvalue weighted by atomic mass is 79.9. The van der Waals surface area contributed by atoms with Gasteiger partial charge < -0.3 is 14.5 Å². The van der Waals surface area contributed by atoms with Crippen LogP contribution in [0.15, 0.2) is 74.3 Å². The summed E-state index contributed by atoms with van der Waals surface area (Å²) in [5, 5.41) is 3.92. The van der Waals surface area contributed by atoms with Crippen LogP contribution in [-0.4, -0.2) is 12.5 Å². The van der Waals surface area contributed by atoms with Gasteiger partial charge in [0, 0.05) is 16.2 Å². The number of amides is 1. The quantitative estimate of drug-likeness (QED) is 0.417. The van der Waals surface area contributed by atoms with Crippen molar-refractivity contribution in [2.75, 3.05) is 11.9 Å². The third-order valence-corrected chi connectivity index (χ3v) is 4.89. The van der Waals surface area contributed by atoms with E-state index in [9.17, 15) is 9.59 Å². The maximum atomic E-state index is 12.6. The molecule has 1 heterocycles. The second-order valence-corrected chi connectivity index (χ2v) is 7.38. The zero-order valence-electron chi connectivity index (χ0n) is 14.4. The van der Waals surface area contributed by atoms with E-state index in [1.165, 1.54) is 0 Å². The first-order valence-corrected chi connectivity index (χ1v) is 9.52. The monoisotopic (exact) mass is 457 g/mol. The summed E-state index contributed by atoms with van der Waals surface area (Å²) in [4.78, 5) is 24.8. The van der Waals surface area contributed by atoms with Crippen LogP contribution in [0.25, 0.3) is 21.9 Å². The number of ether oxygens (including phenoxy) is 1. The lowest BCUT2D eigenvalue weighted by atomic mass is 10.1. The van der Waals surface area contributed by atoms with Gasteiger partial charge in [-0.1, -0.05) is 39.7 Å². The highest BCUT2D eigenvalue weighted by molar-refractivity contribution is 9.10. The van der Waals surface area contributed by atoms with Gasteiger partial charge >= 0.3 is 0 Å². The fraction of sp³-hybridized carbons (Fsp3) is 0.0476. The average Bonchev–Trinajstić information content (AvgIpc) is 2.67. The molecule has 28 heavy (non-hydrogen) atoms. The second kappa shape index (κ2) is 7.66. The van der Waals surface area contributed by atoms with E-state index < -0.39 is 0 Å². The fourth-order valence-electron chi connectivity index (χ4n) is 2.82. The van der Waals surface area contributed by atoms with Crippen LogP contribution in [0.3, 0.4) is 0 Å². The zero-order valence-corrected chi connectivity index (χ0v) is 16.7. The second-order valence-electron chi connectivity index (χ2n) is 6.05. The van der Waals surface area contributed by atoms with Crippen molar-refractivity contribution in [3.8, 4) is 5.75 Å². The molecule has 140 valence electrons. The molecule has 7 heteroatoms. The van der Waals surface area contributed by atoms with E-state index in [1.807, 2.05) is 12.1 Å². The Morgan fingerprint density at radius 1 is 1.07 bits per heavy atom. The van der Waals surface area contributed by atoms with E-state index >= 15 is 0 Å². The minimum Gasteiger partial charge on any atom is -0.484 e. The van der Waals surface area contributed by atoms with Gasteiger partial charge in [-0.3, -0.25) is 9.59 Å². The topological polar surface area (TPSA) is 68.5 Å². The molecule has 0 bridgehead atoms. The number of carbonyl (C=O) groups is 1. The third kappa shape index (κ3) is 3.74. The molecule has 0 aliphatic rings. The predicted octanol–water partition coefficient (Wildman–Crippen LogP) is 5.38. The molecule has 0 spiro atoms. The summed E-state index contributed by atoms with van der Waals surface area (Å²) in [6.07, 6.45) is 0. The third-order valence-electron chi connectivity index (χ3n) is 4.10. The molecule has 0 aliphatic carbocycles. The Morgan fingerprint density at radius 3 is 2.71 bits per heavy atom. The molecular weight excluding hydrogens is 446 g/mol. The summed E-state index contributed by atoms with van der Waals surface area (Å²) >= 11 is 9.49. The SMILES string of the molecule is O=C(COc1cccc(Br)c1)Nc1ccc2c(=O)c3cccc(Cl)c3oc2c1. The Kier molecular flexibility index (Phi) is 5.07. The molecule has 0 radical (unpaired) electrons. The smallest absolute Gasteiger partial charge is 0.262 e. The summed E-state index contributed by atoms with van der Waals surface area (Å²) < 4.78 is 12.1. The lowest BCUT2D eigenvalue weighted by molar-refractivity contribution is -0.118. The Morgan fingerprint density at radius 2 is 1.89 bits per heavy atom. The zero-order chi connectivity index (χ0) is 19.7. The van der Waals surface area contributed by atoms with Crippen molar-refractivity contribution < 1.29 is 13.9 Å². The van der Waals surface area contributed by atoms with Gasteiger partial charge in [-0.25, -0.2) is 0 Å². The van der Waals surface area contributed by atoms with E-state index in [1.54, 1.807) is 48.5 Å². The standard InChI is InChI=1S/C21H13BrClNO4/c22-12-3-1-4-14(9-12)27-11-19(25)24-13-7-8-15-18(10-13)28-21-16(20(15)26)5-2-6-17(21)23/h1-10H,11H2,(H,24,25). The van der Waals surface area contributed by atoms with Crippen LogP contribution >= 0.6 is 27.5 Å². The van der Waals surface area contributed by atoms with E-state index in [0.717, 1.165) is 4.47 Å². The van der Waals surface area contributed by atoms with Gasteiger partial charge in [-0.2, -0.15) is 0 Å². The van der Waals surface area contributed by atoms with Gasteiger partial charge in [0.05, 0.1) is 15.8 Å². The molecule has 0 aliphatic heterocycles. The van der Waals surface area contributed by atoms with Crippen LogP contribution in [0.5, 0.6) is 5.75 Å². The molecule has 1 N–H and O–H groups in total. The number of fused-ring (bicyclic) bond motifs is 2. The van der Waals surface area contributed by atoms with Gasteiger partial charge in [-0.15, -0.1) is 0 Å². The van der Waals surface area contributed by atoms with Crippen LogP contribution in [0.2, 0.25) is 5.02 Å². The number of halogens is 2. The van der Waals surface area contributed by atoms with E-state index in [0.29, 0.717) is 38.4 Å². The van der Waals surface area contributed by atoms with E-state index in [-0.39, 0.29) is 17.9 Å². The number of anilines is 1. The highest BCUT2D eigenvalue weighted by Crippen LogP contribution is 2.26. The lowest BCUT2D eigenvalue weighted by Gasteiger charge is -2.09. The van der Waals surface area contributed by atoms with Crippen molar-refractivity contribution in [2.45, 2.75) is 0 Å². The molecule has 0 saturated carbocycles. The van der Waals surface area contributed by atoms with Gasteiger partial charge in [0.15, 0.2) is 12.2 Å². The summed E-state index contributed by atoms with van der Waals surface area (Å²) in [5.41, 5.74) is 0.985. The molecule has 0 saturated heterocycles. The minimum atomic E-state index is -0.333. The van der Waals surface area contributed by atoms with Crippen molar-refractivity contribution >= 4 is 61.1 Å². The number of hydrogen-bond donors (Lipinski definition) is 1. The number of hydrogen-bond acceptors (Lipinski definition) is 4. The Bertz CT molecular complexity index is 1270. The number of benzene rings is 3. The van der Waals surface area contributed by atoms with Crippen molar-refractivity contribution in [3.05, 3.63) is 80.4 Å². The highest BCUT2D eigenvalue weighted by Gasteiger charge is 2.12. The van der Waals surface area contributed by atoms with Crippen LogP contribution in [0, 0.1) is 0 Å². The first kappa shape index (κ1) is 18.5. The molecule has 0 fully saturated rings. The van der Waals surface area contributed by atoms with Crippen LogP contribution in [0.1, 0.15) is 0 Å². The first-order valence-electron chi connectivity index (χ1n) is 8.34. The predicted molar refractivity (Wildman–Crippen MR) is 113 cm³/mol. The molecule has 0 unspecified atom stereocenters. The maximum absolute atomic E-state index is 12.6. The van der Waals surface area contributed by atoms with Gasteiger partial charge in [0.25, 0.3) is 5.91 Å². The van der Waals surface area contributed by atoms with Crippen LogP contribution in [-0.2, 0) is 4.79 Å². The van der Waals surface area contributed by atoms with Crippen molar-refractivity contribution in [1.29, 1.82) is 0 Å². The molecule has 4 aromatic rings. The van der Waals surface area contributed by atoms with Gasteiger partial charge in [-0.05, 0) is 42.5 Å². The Hall–Kier alpha value is -2.83. The molecule has 4 rings (SSSR count). The molecule has 5 nitrogen and oxygen atoms in total. The summed E-state index contributed by atoms with van der Waals surface area (Å²) in [6, 6.07) is 17.1. The van der Waals surface area contributed by atoms with Crippen LogP contribution in [0.4, 0.5) is 5.69 Å². The number of para-hydroxylation sites is 1. The summed E-state index contributed by atoms with van der Waals surface area (Å²) in [5.74, 6) is 0.246. The molecule has 1 amide bonds. The first-order chi connectivity index (χ1) is 13.5. The van der Waals surface area contributed by atoms with Gasteiger partial charge in [0.1, 0.15) is 11.3 Å². The van der Waals surface area contributed by atoms with Gasteiger partial charge in [0.2, 0.25) is 5.43 Å². The molecular formula is C21H13BrClNO4. The van der Waals surface area contributed by atoms with Crippen LogP contribution < -0.4 is 15.5 Å².